The minimum absolute atomic E-state index is 0.0492. The Bertz CT molecular complexity index is 1210. The van der Waals surface area contributed by atoms with Crippen LogP contribution in [0.25, 0.3) is 0 Å². The predicted molar refractivity (Wildman–Crippen MR) is 149 cm³/mol. The number of hydrogen-bond donors (Lipinski definition) is 3. The van der Waals surface area contributed by atoms with E-state index in [1.54, 1.807) is 6.07 Å². The third kappa shape index (κ3) is 6.10. The zero-order valence-corrected chi connectivity index (χ0v) is 23.5. The van der Waals surface area contributed by atoms with Gasteiger partial charge < -0.3 is 29.9 Å². The summed E-state index contributed by atoms with van der Waals surface area (Å²) in [6, 6.07) is 6.26. The summed E-state index contributed by atoms with van der Waals surface area (Å²) in [5.74, 6) is -0.799. The van der Waals surface area contributed by atoms with E-state index in [1.165, 1.54) is 18.7 Å². The van der Waals surface area contributed by atoms with Crippen molar-refractivity contribution in [3.8, 4) is 5.75 Å². The second-order valence-corrected chi connectivity index (χ2v) is 11.4. The maximum Gasteiger partial charge on any atom is 0.325 e. The van der Waals surface area contributed by atoms with Gasteiger partial charge in [-0.3, -0.25) is 9.69 Å². The van der Waals surface area contributed by atoms with Gasteiger partial charge in [-0.1, -0.05) is 12.5 Å². The highest BCUT2D eigenvalue weighted by Crippen LogP contribution is 2.39. The molecule has 3 aliphatic rings. The molecule has 0 radical (unpaired) electrons. The third-order valence-corrected chi connectivity index (χ3v) is 8.60. The fraction of sp³-hybridized carbons (Fsp3) is 0.600. The van der Waals surface area contributed by atoms with Gasteiger partial charge in [0.25, 0.3) is 0 Å². The number of pyridine rings is 1. The SMILES string of the molecule is COc1c(F)cc(C2(O)COC2)cc1C(C(=O)O)N1CC[C@@H](N(C)CCCCCc2ccc3c(n2)NCCC3)C1. The van der Waals surface area contributed by atoms with Gasteiger partial charge in [0.2, 0.25) is 0 Å². The number of methoxy groups -OCH3 is 1. The number of anilines is 1. The number of nitrogens with zero attached hydrogens (tertiary/aromatic N) is 3. The Kier molecular flexibility index (Phi) is 8.89. The molecule has 2 saturated heterocycles. The number of likely N-dealkylation sites (N-methyl/N-ethyl adjacent to an activating group) is 1. The minimum atomic E-state index is -1.31. The van der Waals surface area contributed by atoms with Crippen LogP contribution in [0.5, 0.6) is 5.75 Å². The first-order chi connectivity index (χ1) is 19.3. The first-order valence-electron chi connectivity index (χ1n) is 14.4. The lowest BCUT2D eigenvalue weighted by Gasteiger charge is -2.37. The Morgan fingerprint density at radius 1 is 1.32 bits per heavy atom. The van der Waals surface area contributed by atoms with Crippen molar-refractivity contribution in [2.24, 2.45) is 0 Å². The average molecular weight is 557 g/mol. The summed E-state index contributed by atoms with van der Waals surface area (Å²) < 4.78 is 25.4. The quantitative estimate of drug-likeness (QED) is 0.339. The summed E-state index contributed by atoms with van der Waals surface area (Å²) in [6.07, 6.45) is 7.29. The Hall–Kier alpha value is -2.79. The van der Waals surface area contributed by atoms with E-state index in [2.05, 4.69) is 29.4 Å². The molecule has 0 aliphatic carbocycles. The highest BCUT2D eigenvalue weighted by molar-refractivity contribution is 5.77. The highest BCUT2D eigenvalue weighted by Gasteiger charge is 2.42. The van der Waals surface area contributed by atoms with Gasteiger partial charge in [-0.15, -0.1) is 0 Å². The van der Waals surface area contributed by atoms with Crippen molar-refractivity contribution in [3.63, 3.8) is 0 Å². The molecular formula is C30H41FN4O5. The van der Waals surface area contributed by atoms with Crippen LogP contribution in [0.15, 0.2) is 24.3 Å². The smallest absolute Gasteiger partial charge is 0.325 e. The molecule has 9 nitrogen and oxygen atoms in total. The van der Waals surface area contributed by atoms with E-state index < -0.39 is 23.4 Å². The molecule has 0 spiro atoms. The van der Waals surface area contributed by atoms with E-state index in [0.29, 0.717) is 18.7 Å². The lowest BCUT2D eigenvalue weighted by Crippen LogP contribution is -2.46. The number of carbonyl (C=O) groups is 1. The molecule has 5 rings (SSSR count). The zero-order valence-electron chi connectivity index (χ0n) is 23.5. The molecule has 2 fully saturated rings. The van der Waals surface area contributed by atoms with Crippen molar-refractivity contribution in [2.75, 3.05) is 58.9 Å². The molecule has 218 valence electrons. The van der Waals surface area contributed by atoms with Crippen LogP contribution in [0, 0.1) is 5.82 Å². The van der Waals surface area contributed by atoms with Gasteiger partial charge in [0.1, 0.15) is 17.5 Å². The number of hydrogen-bond acceptors (Lipinski definition) is 8. The number of aliphatic hydroxyl groups is 1. The Balaban J connectivity index is 1.15. The fourth-order valence-electron chi connectivity index (χ4n) is 6.15. The number of benzene rings is 1. The van der Waals surface area contributed by atoms with Crippen LogP contribution in [-0.4, -0.2) is 90.6 Å². The van der Waals surface area contributed by atoms with Crippen molar-refractivity contribution in [1.82, 2.24) is 14.8 Å². The van der Waals surface area contributed by atoms with Crippen molar-refractivity contribution >= 4 is 11.8 Å². The summed E-state index contributed by atoms with van der Waals surface area (Å²) in [7, 11) is 3.43. The van der Waals surface area contributed by atoms with Crippen molar-refractivity contribution in [2.45, 2.75) is 62.6 Å². The number of nitrogens with one attached hydrogen (secondary N) is 1. The number of rotatable bonds is 12. The summed E-state index contributed by atoms with van der Waals surface area (Å²) in [6.45, 7) is 3.16. The molecule has 3 aliphatic heterocycles. The summed E-state index contributed by atoms with van der Waals surface area (Å²) in [4.78, 5) is 21.5. The lowest BCUT2D eigenvalue weighted by molar-refractivity contribution is -0.184. The number of likely N-dealkylation sites (tertiary alicyclic amines) is 1. The number of fused-ring (bicyclic) bond motifs is 1. The van der Waals surface area contributed by atoms with Crippen molar-refractivity contribution in [3.05, 3.63) is 52.5 Å². The first kappa shape index (κ1) is 28.7. The van der Waals surface area contributed by atoms with Gasteiger partial charge in [0.15, 0.2) is 11.6 Å². The van der Waals surface area contributed by atoms with E-state index >= 15 is 0 Å². The van der Waals surface area contributed by atoms with Crippen LogP contribution >= 0.6 is 0 Å². The summed E-state index contributed by atoms with van der Waals surface area (Å²) in [5, 5.41) is 24.3. The highest BCUT2D eigenvalue weighted by atomic mass is 19.1. The molecule has 0 bridgehead atoms. The molecule has 40 heavy (non-hydrogen) atoms. The van der Waals surface area contributed by atoms with Gasteiger partial charge in [0.05, 0.1) is 20.3 Å². The molecule has 10 heteroatoms. The maximum atomic E-state index is 15.0. The standard InChI is InChI=1S/C30H41FN4O5/c1-34(13-5-3-4-8-22-10-9-20-7-6-12-32-28(20)33-22)23-11-14-35(17-23)26(29(36)37)24-15-21(30(38)18-40-19-30)16-25(31)27(24)39-2/h9-10,15-16,23,26,38H,3-8,11-14,17-19H2,1-2H3,(H,32,33)(H,36,37)/t23-,26?/m1/s1. The van der Waals surface area contributed by atoms with Gasteiger partial charge in [0, 0.05) is 36.9 Å². The van der Waals surface area contributed by atoms with Crippen LogP contribution in [-0.2, 0) is 28.0 Å². The van der Waals surface area contributed by atoms with Crippen LogP contribution in [0.1, 0.15) is 60.5 Å². The molecule has 0 amide bonds. The third-order valence-electron chi connectivity index (χ3n) is 8.60. The Morgan fingerprint density at radius 2 is 2.15 bits per heavy atom. The first-order valence-corrected chi connectivity index (χ1v) is 14.4. The second kappa shape index (κ2) is 12.4. The van der Waals surface area contributed by atoms with Gasteiger partial charge >= 0.3 is 5.97 Å². The molecule has 3 N–H and O–H groups in total. The number of unbranched alkanes of at least 4 members (excludes halogenated alkanes) is 2. The monoisotopic (exact) mass is 556 g/mol. The van der Waals surface area contributed by atoms with Crippen molar-refractivity contribution < 1.29 is 28.9 Å². The van der Waals surface area contributed by atoms with E-state index in [9.17, 15) is 19.4 Å². The van der Waals surface area contributed by atoms with Gasteiger partial charge in [-0.2, -0.15) is 0 Å². The average Bonchev–Trinajstić information content (AvgIpc) is 3.41. The topological polar surface area (TPSA) is 107 Å². The number of carboxylic acid groups (broad SMARTS) is 1. The number of aryl methyl sites for hydroxylation is 2. The zero-order chi connectivity index (χ0) is 28.3. The minimum Gasteiger partial charge on any atom is -0.493 e. The largest absolute Gasteiger partial charge is 0.493 e. The number of carboxylic acids is 1. The molecule has 2 aromatic rings. The summed E-state index contributed by atoms with van der Waals surface area (Å²) in [5.41, 5.74) is 1.67. The van der Waals surface area contributed by atoms with Crippen LogP contribution in [0.4, 0.5) is 10.2 Å². The Labute approximate surface area is 235 Å². The summed E-state index contributed by atoms with van der Waals surface area (Å²) >= 11 is 0. The number of aliphatic carboxylic acids is 1. The Morgan fingerprint density at radius 3 is 2.88 bits per heavy atom. The number of aromatic nitrogens is 1. The maximum absolute atomic E-state index is 15.0. The van der Waals surface area contributed by atoms with Gasteiger partial charge in [-0.05, 0) is 81.4 Å². The fourth-order valence-corrected chi connectivity index (χ4v) is 6.15. The van der Waals surface area contributed by atoms with Crippen LogP contribution in [0.3, 0.4) is 0 Å². The van der Waals surface area contributed by atoms with Crippen LogP contribution < -0.4 is 10.1 Å². The van der Waals surface area contributed by atoms with Crippen molar-refractivity contribution in [1.29, 1.82) is 0 Å². The van der Waals surface area contributed by atoms with E-state index in [4.69, 9.17) is 14.5 Å². The van der Waals surface area contributed by atoms with Gasteiger partial charge in [-0.25, -0.2) is 9.37 Å². The van der Waals surface area contributed by atoms with Crippen LogP contribution in [0.2, 0.25) is 0 Å². The molecule has 0 saturated carbocycles. The normalized spacial score (nSPS) is 21.0. The van der Waals surface area contributed by atoms with E-state index in [1.807, 2.05) is 4.90 Å². The molecule has 4 heterocycles. The molecule has 1 aromatic heterocycles. The van der Waals surface area contributed by atoms with E-state index in [0.717, 1.165) is 69.5 Å². The lowest BCUT2D eigenvalue weighted by atomic mass is 9.88. The van der Waals surface area contributed by atoms with E-state index in [-0.39, 0.29) is 30.6 Å². The predicted octanol–water partition coefficient (Wildman–Crippen LogP) is 3.35. The molecule has 2 atom stereocenters. The molecular weight excluding hydrogens is 515 g/mol. The number of halogens is 1. The second-order valence-electron chi connectivity index (χ2n) is 11.4. The molecule has 1 unspecified atom stereocenters. The number of ether oxygens (including phenoxy) is 2. The molecule has 1 aromatic carbocycles.